The monoisotopic (exact) mass is 245 g/mol. The first-order valence-electron chi connectivity index (χ1n) is 4.14. The highest BCUT2D eigenvalue weighted by Gasteiger charge is 1.98. The summed E-state index contributed by atoms with van der Waals surface area (Å²) in [7, 11) is 0. The molecule has 0 amide bonds. The Morgan fingerprint density at radius 3 is 3.00 bits per heavy atom. The van der Waals surface area contributed by atoms with Crippen molar-refractivity contribution in [3.63, 3.8) is 0 Å². The summed E-state index contributed by atoms with van der Waals surface area (Å²) in [6.45, 7) is 3.87. The summed E-state index contributed by atoms with van der Waals surface area (Å²) in [6, 6.07) is 1.82. The second-order valence-corrected chi connectivity index (χ2v) is 3.21. The zero-order valence-electron chi connectivity index (χ0n) is 7.50. The van der Waals surface area contributed by atoms with Gasteiger partial charge in [-0.25, -0.2) is 0 Å². The first-order chi connectivity index (χ1) is 6.34. The van der Waals surface area contributed by atoms with Gasteiger partial charge in [0.2, 0.25) is 0 Å². The third-order valence-corrected chi connectivity index (χ3v) is 2.02. The zero-order chi connectivity index (χ0) is 9.52. The number of rotatable bonds is 5. The maximum Gasteiger partial charge on any atom is 0.136 e. The number of nitrogens with zero attached hydrogens (tertiary/aromatic N) is 1. The molecule has 0 fully saturated rings. The molecular weight excluding hydrogens is 234 g/mol. The van der Waals surface area contributed by atoms with Crippen LogP contribution in [-0.4, -0.2) is 24.8 Å². The van der Waals surface area contributed by atoms with E-state index in [1.807, 2.05) is 13.0 Å². The van der Waals surface area contributed by atoms with E-state index >= 15 is 0 Å². The standard InChI is InChI=1S/C9H12BrNO2/c1-2-12-5-6-13-9-3-4-11-7-8(9)10/h3-4,7H,2,5-6H2,1H3. The first-order valence-corrected chi connectivity index (χ1v) is 4.94. The molecule has 0 saturated heterocycles. The van der Waals surface area contributed by atoms with Gasteiger partial charge in [-0.3, -0.25) is 4.98 Å². The van der Waals surface area contributed by atoms with Crippen molar-refractivity contribution < 1.29 is 9.47 Å². The Hall–Kier alpha value is -0.610. The number of ether oxygens (including phenoxy) is 2. The molecule has 0 aromatic carbocycles. The van der Waals surface area contributed by atoms with E-state index in [2.05, 4.69) is 20.9 Å². The fraction of sp³-hybridized carbons (Fsp3) is 0.444. The molecule has 1 aromatic rings. The highest BCUT2D eigenvalue weighted by Crippen LogP contribution is 2.22. The van der Waals surface area contributed by atoms with Gasteiger partial charge in [-0.15, -0.1) is 0 Å². The van der Waals surface area contributed by atoms with Gasteiger partial charge >= 0.3 is 0 Å². The molecule has 0 bridgehead atoms. The van der Waals surface area contributed by atoms with Crippen LogP contribution >= 0.6 is 15.9 Å². The maximum atomic E-state index is 5.43. The van der Waals surface area contributed by atoms with Gasteiger partial charge in [0, 0.05) is 19.0 Å². The van der Waals surface area contributed by atoms with E-state index in [0.717, 1.165) is 16.8 Å². The molecule has 13 heavy (non-hydrogen) atoms. The molecule has 72 valence electrons. The van der Waals surface area contributed by atoms with Crippen LogP contribution in [0.3, 0.4) is 0 Å². The van der Waals surface area contributed by atoms with Crippen molar-refractivity contribution in [1.82, 2.24) is 4.98 Å². The van der Waals surface area contributed by atoms with E-state index in [1.54, 1.807) is 12.4 Å². The number of hydrogen-bond donors (Lipinski definition) is 0. The van der Waals surface area contributed by atoms with E-state index in [0.29, 0.717) is 13.2 Å². The van der Waals surface area contributed by atoms with Crippen molar-refractivity contribution in [1.29, 1.82) is 0 Å². The minimum atomic E-state index is 0.566. The lowest BCUT2D eigenvalue weighted by Crippen LogP contribution is -2.06. The van der Waals surface area contributed by atoms with E-state index in [1.165, 1.54) is 0 Å². The molecule has 0 spiro atoms. The number of pyridine rings is 1. The largest absolute Gasteiger partial charge is 0.490 e. The lowest BCUT2D eigenvalue weighted by Gasteiger charge is -2.06. The minimum absolute atomic E-state index is 0.566. The van der Waals surface area contributed by atoms with Gasteiger partial charge in [0.15, 0.2) is 0 Å². The molecule has 0 aliphatic heterocycles. The van der Waals surface area contributed by atoms with Crippen LogP contribution in [0.4, 0.5) is 0 Å². The lowest BCUT2D eigenvalue weighted by molar-refractivity contribution is 0.110. The SMILES string of the molecule is CCOCCOc1ccncc1Br. The third kappa shape index (κ3) is 3.74. The summed E-state index contributed by atoms with van der Waals surface area (Å²) in [4.78, 5) is 3.93. The third-order valence-electron chi connectivity index (χ3n) is 1.42. The van der Waals surface area contributed by atoms with Crippen molar-refractivity contribution >= 4 is 15.9 Å². The second kappa shape index (κ2) is 5.94. The molecule has 1 aromatic heterocycles. The van der Waals surface area contributed by atoms with Crippen molar-refractivity contribution in [2.45, 2.75) is 6.92 Å². The van der Waals surface area contributed by atoms with Crippen LogP contribution in [0.5, 0.6) is 5.75 Å². The highest BCUT2D eigenvalue weighted by molar-refractivity contribution is 9.10. The quantitative estimate of drug-likeness (QED) is 0.747. The Bertz CT molecular complexity index is 255. The van der Waals surface area contributed by atoms with Crippen molar-refractivity contribution in [2.75, 3.05) is 19.8 Å². The lowest BCUT2D eigenvalue weighted by atomic mass is 10.4. The normalized spacial score (nSPS) is 10.0. The van der Waals surface area contributed by atoms with Crippen LogP contribution in [0.25, 0.3) is 0 Å². The molecule has 0 aliphatic rings. The van der Waals surface area contributed by atoms with Crippen LogP contribution in [0, 0.1) is 0 Å². The van der Waals surface area contributed by atoms with Crippen LogP contribution in [-0.2, 0) is 4.74 Å². The Balaban J connectivity index is 2.32. The van der Waals surface area contributed by atoms with E-state index in [9.17, 15) is 0 Å². The van der Waals surface area contributed by atoms with Gasteiger partial charge in [-0.1, -0.05) is 0 Å². The Morgan fingerprint density at radius 2 is 2.31 bits per heavy atom. The van der Waals surface area contributed by atoms with E-state index in [4.69, 9.17) is 9.47 Å². The number of aromatic nitrogens is 1. The summed E-state index contributed by atoms with van der Waals surface area (Å²) in [5.74, 6) is 0.801. The molecule has 0 atom stereocenters. The van der Waals surface area contributed by atoms with Crippen LogP contribution < -0.4 is 4.74 Å². The van der Waals surface area contributed by atoms with Gasteiger partial charge in [-0.05, 0) is 28.9 Å². The predicted octanol–water partition coefficient (Wildman–Crippen LogP) is 2.26. The predicted molar refractivity (Wildman–Crippen MR) is 53.9 cm³/mol. The van der Waals surface area contributed by atoms with Crippen molar-refractivity contribution in [3.8, 4) is 5.75 Å². The smallest absolute Gasteiger partial charge is 0.136 e. The fourth-order valence-corrected chi connectivity index (χ4v) is 1.20. The minimum Gasteiger partial charge on any atom is -0.490 e. The Labute approximate surface area is 86.2 Å². The maximum absolute atomic E-state index is 5.43. The first kappa shape index (κ1) is 10.5. The molecule has 0 N–H and O–H groups in total. The summed E-state index contributed by atoms with van der Waals surface area (Å²) >= 11 is 3.34. The van der Waals surface area contributed by atoms with Gasteiger partial charge in [0.25, 0.3) is 0 Å². The van der Waals surface area contributed by atoms with Crippen molar-refractivity contribution in [3.05, 3.63) is 22.9 Å². The topological polar surface area (TPSA) is 31.4 Å². The highest BCUT2D eigenvalue weighted by atomic mass is 79.9. The molecule has 0 unspecified atom stereocenters. The fourth-order valence-electron chi connectivity index (χ4n) is 0.834. The summed E-state index contributed by atoms with van der Waals surface area (Å²) in [5.41, 5.74) is 0. The van der Waals surface area contributed by atoms with Crippen LogP contribution in [0.1, 0.15) is 6.92 Å². The molecule has 0 radical (unpaired) electrons. The summed E-state index contributed by atoms with van der Waals surface area (Å²) < 4.78 is 11.4. The number of hydrogen-bond acceptors (Lipinski definition) is 3. The van der Waals surface area contributed by atoms with Gasteiger partial charge in [0.05, 0.1) is 11.1 Å². The molecule has 1 heterocycles. The van der Waals surface area contributed by atoms with Gasteiger partial charge in [-0.2, -0.15) is 0 Å². The van der Waals surface area contributed by atoms with Crippen LogP contribution in [0.15, 0.2) is 22.9 Å². The second-order valence-electron chi connectivity index (χ2n) is 2.35. The molecule has 4 heteroatoms. The zero-order valence-corrected chi connectivity index (χ0v) is 9.08. The van der Waals surface area contributed by atoms with Gasteiger partial charge in [0.1, 0.15) is 12.4 Å². The molecule has 0 saturated carbocycles. The Kier molecular flexibility index (Phi) is 4.78. The summed E-state index contributed by atoms with van der Waals surface area (Å²) in [6.07, 6.45) is 3.40. The van der Waals surface area contributed by atoms with Crippen LogP contribution in [0.2, 0.25) is 0 Å². The molecular formula is C9H12BrNO2. The number of halogens is 1. The van der Waals surface area contributed by atoms with Crippen molar-refractivity contribution in [2.24, 2.45) is 0 Å². The summed E-state index contributed by atoms with van der Waals surface area (Å²) in [5, 5.41) is 0. The average Bonchev–Trinajstić information content (AvgIpc) is 2.15. The van der Waals surface area contributed by atoms with E-state index in [-0.39, 0.29) is 0 Å². The Morgan fingerprint density at radius 1 is 1.46 bits per heavy atom. The molecule has 0 aliphatic carbocycles. The average molecular weight is 246 g/mol. The molecule has 3 nitrogen and oxygen atoms in total. The molecule has 1 rings (SSSR count). The van der Waals surface area contributed by atoms with Gasteiger partial charge < -0.3 is 9.47 Å². The van der Waals surface area contributed by atoms with E-state index < -0.39 is 0 Å².